The highest BCUT2D eigenvalue weighted by atomic mass is 35.5. The van der Waals surface area contributed by atoms with Crippen molar-refractivity contribution in [2.24, 2.45) is 5.10 Å². The van der Waals surface area contributed by atoms with Crippen LogP contribution in [0, 0.1) is 0 Å². The molecule has 4 N–H and O–H groups in total. The third kappa shape index (κ3) is 8.31. The topological polar surface area (TPSA) is 168 Å². The lowest BCUT2D eigenvalue weighted by atomic mass is 10.2. The van der Waals surface area contributed by atoms with Crippen molar-refractivity contribution in [1.82, 2.24) is 10.7 Å². The summed E-state index contributed by atoms with van der Waals surface area (Å²) in [7, 11) is 0. The average molecular weight is 540 g/mol. The van der Waals surface area contributed by atoms with E-state index in [-0.39, 0.29) is 18.9 Å². The van der Waals surface area contributed by atoms with Gasteiger partial charge in [-0.2, -0.15) is 5.10 Å². The molecule has 3 aromatic rings. The highest BCUT2D eigenvalue weighted by Crippen LogP contribution is 2.13. The van der Waals surface area contributed by atoms with Gasteiger partial charge in [-0.15, -0.1) is 0 Å². The zero-order chi connectivity index (χ0) is 27.5. The summed E-state index contributed by atoms with van der Waals surface area (Å²) in [6.45, 7) is 1.83. The van der Waals surface area contributed by atoms with E-state index in [4.69, 9.17) is 20.8 Å². The number of anilines is 2. The lowest BCUT2D eigenvalue weighted by molar-refractivity contribution is -0.136. The highest BCUT2D eigenvalue weighted by molar-refractivity contribution is 6.40. The first-order valence-corrected chi connectivity index (χ1v) is 11.5. The summed E-state index contributed by atoms with van der Waals surface area (Å²) in [5, 5.41) is 11.3. The molecule has 12 nitrogen and oxygen atoms in total. The summed E-state index contributed by atoms with van der Waals surface area (Å²) in [4.78, 5) is 59.6. The van der Waals surface area contributed by atoms with Crippen LogP contribution in [0.1, 0.15) is 28.8 Å². The quantitative estimate of drug-likeness (QED) is 0.147. The molecule has 0 radical (unpaired) electrons. The molecule has 0 fully saturated rings. The van der Waals surface area contributed by atoms with Crippen molar-refractivity contribution in [3.8, 4) is 0 Å². The molecule has 196 valence electrons. The fourth-order valence-electron chi connectivity index (χ4n) is 2.82. The monoisotopic (exact) mass is 539 g/mol. The van der Waals surface area contributed by atoms with Crippen molar-refractivity contribution < 1.29 is 33.1 Å². The first-order valence-electron chi connectivity index (χ1n) is 11.1. The molecule has 4 amide bonds. The standard InChI is InChI=1S/C25H22ClN5O7/c1-2-37-25(36)15-3-7-17(8-4-15)29-22(33)21(32)27-13-19-11-12-20(38-19)14-28-31-24(35)23(34)30-18-9-5-16(26)6-10-18/h3-12,14H,2,13H2,1H3,(H,27,32)(H,29,33)(H,30,34)(H,31,35)/b28-14+. The van der Waals surface area contributed by atoms with Gasteiger partial charge in [0.15, 0.2) is 0 Å². The minimum atomic E-state index is -1.00. The van der Waals surface area contributed by atoms with Gasteiger partial charge in [0, 0.05) is 16.4 Å². The molecule has 38 heavy (non-hydrogen) atoms. The van der Waals surface area contributed by atoms with Crippen molar-refractivity contribution in [3.63, 3.8) is 0 Å². The van der Waals surface area contributed by atoms with Crippen LogP contribution in [0.25, 0.3) is 0 Å². The van der Waals surface area contributed by atoms with Crippen molar-refractivity contribution in [3.05, 3.63) is 82.8 Å². The number of rotatable bonds is 8. The lowest BCUT2D eigenvalue weighted by Gasteiger charge is -2.07. The third-order valence-corrected chi connectivity index (χ3v) is 4.88. The normalized spacial score (nSPS) is 10.5. The number of amides is 4. The van der Waals surface area contributed by atoms with E-state index in [0.717, 1.165) is 6.21 Å². The number of nitrogens with one attached hydrogen (secondary N) is 4. The van der Waals surface area contributed by atoms with Crippen LogP contribution in [0.2, 0.25) is 5.02 Å². The Morgan fingerprint density at radius 3 is 2.08 bits per heavy atom. The van der Waals surface area contributed by atoms with Gasteiger partial charge in [-0.1, -0.05) is 11.6 Å². The zero-order valence-corrected chi connectivity index (χ0v) is 20.7. The molecular weight excluding hydrogens is 518 g/mol. The van der Waals surface area contributed by atoms with E-state index in [1.807, 2.05) is 0 Å². The molecule has 0 aliphatic rings. The number of hydrogen-bond donors (Lipinski definition) is 4. The molecule has 3 rings (SSSR count). The first kappa shape index (κ1) is 27.6. The first-order chi connectivity index (χ1) is 18.2. The SMILES string of the molecule is CCOC(=O)c1ccc(NC(=O)C(=O)NCc2ccc(/C=N/NC(=O)C(=O)Nc3ccc(Cl)cc3)o2)cc1. The second kappa shape index (κ2) is 13.4. The summed E-state index contributed by atoms with van der Waals surface area (Å²) in [6.07, 6.45) is 1.16. The molecule has 0 spiro atoms. The van der Waals surface area contributed by atoms with E-state index < -0.39 is 29.6 Å². The Balaban J connectivity index is 1.42. The van der Waals surface area contributed by atoms with Gasteiger partial charge in [-0.05, 0) is 67.6 Å². The van der Waals surface area contributed by atoms with Crippen molar-refractivity contribution in [1.29, 1.82) is 0 Å². The van der Waals surface area contributed by atoms with Gasteiger partial charge in [-0.3, -0.25) is 19.2 Å². The Morgan fingerprint density at radius 2 is 1.45 bits per heavy atom. The molecule has 2 aromatic carbocycles. The number of furan rings is 1. The number of esters is 1. The van der Waals surface area contributed by atoms with E-state index in [1.165, 1.54) is 48.5 Å². The summed E-state index contributed by atoms with van der Waals surface area (Å²) >= 11 is 5.77. The molecule has 0 unspecified atom stereocenters. The minimum Gasteiger partial charge on any atom is -0.462 e. The molecule has 0 bridgehead atoms. The minimum absolute atomic E-state index is 0.0995. The molecule has 1 heterocycles. The van der Waals surface area contributed by atoms with Crippen LogP contribution in [-0.4, -0.2) is 42.4 Å². The van der Waals surface area contributed by atoms with Crippen molar-refractivity contribution >= 4 is 58.8 Å². The molecule has 13 heteroatoms. The van der Waals surface area contributed by atoms with Gasteiger partial charge in [0.1, 0.15) is 11.5 Å². The maximum atomic E-state index is 12.1. The molecule has 0 saturated carbocycles. The maximum absolute atomic E-state index is 12.1. The van der Waals surface area contributed by atoms with Gasteiger partial charge in [0.05, 0.1) is 24.9 Å². The second-order valence-corrected chi connectivity index (χ2v) is 7.84. The fourth-order valence-corrected chi connectivity index (χ4v) is 2.95. The van der Waals surface area contributed by atoms with Gasteiger partial charge >= 0.3 is 29.6 Å². The molecule has 0 atom stereocenters. The van der Waals surface area contributed by atoms with Crippen LogP contribution in [0.3, 0.4) is 0 Å². The lowest BCUT2D eigenvalue weighted by Crippen LogP contribution is -2.34. The van der Waals surface area contributed by atoms with Crippen LogP contribution in [-0.2, 0) is 30.5 Å². The number of hydrazone groups is 1. The number of ether oxygens (including phenoxy) is 1. The van der Waals surface area contributed by atoms with Gasteiger partial charge in [0.25, 0.3) is 0 Å². The Labute approximate surface area is 221 Å². The van der Waals surface area contributed by atoms with Gasteiger partial charge in [0.2, 0.25) is 0 Å². The summed E-state index contributed by atoms with van der Waals surface area (Å²) < 4.78 is 10.3. The van der Waals surface area contributed by atoms with Crippen LogP contribution in [0.5, 0.6) is 0 Å². The smallest absolute Gasteiger partial charge is 0.338 e. The number of benzene rings is 2. The molecule has 1 aromatic heterocycles. The van der Waals surface area contributed by atoms with Crippen molar-refractivity contribution in [2.75, 3.05) is 17.2 Å². The Bertz CT molecular complexity index is 1350. The van der Waals surface area contributed by atoms with Crippen LogP contribution >= 0.6 is 11.6 Å². The van der Waals surface area contributed by atoms with Gasteiger partial charge in [-0.25, -0.2) is 10.2 Å². The molecular formula is C25H22ClN5O7. The van der Waals surface area contributed by atoms with E-state index >= 15 is 0 Å². The van der Waals surface area contributed by atoms with Gasteiger partial charge < -0.3 is 25.1 Å². The summed E-state index contributed by atoms with van der Waals surface area (Å²) in [6, 6.07) is 15.1. The maximum Gasteiger partial charge on any atom is 0.338 e. The Morgan fingerprint density at radius 1 is 0.842 bits per heavy atom. The van der Waals surface area contributed by atoms with Crippen LogP contribution < -0.4 is 21.4 Å². The molecule has 0 aliphatic carbocycles. The predicted molar refractivity (Wildman–Crippen MR) is 137 cm³/mol. The van der Waals surface area contributed by atoms with E-state index in [9.17, 15) is 24.0 Å². The molecule has 0 saturated heterocycles. The van der Waals surface area contributed by atoms with Crippen molar-refractivity contribution in [2.45, 2.75) is 13.5 Å². The number of halogens is 1. The largest absolute Gasteiger partial charge is 0.462 e. The highest BCUT2D eigenvalue weighted by Gasteiger charge is 2.15. The number of carbonyl (C=O) groups is 5. The second-order valence-electron chi connectivity index (χ2n) is 7.40. The van der Waals surface area contributed by atoms with Crippen LogP contribution in [0.4, 0.5) is 11.4 Å². The zero-order valence-electron chi connectivity index (χ0n) is 19.9. The number of nitrogens with zero attached hydrogens (tertiary/aromatic N) is 1. The third-order valence-electron chi connectivity index (χ3n) is 4.63. The molecule has 0 aliphatic heterocycles. The Hall–Kier alpha value is -4.97. The van der Waals surface area contributed by atoms with E-state index in [1.54, 1.807) is 19.1 Å². The van der Waals surface area contributed by atoms with E-state index in [2.05, 4.69) is 26.5 Å². The van der Waals surface area contributed by atoms with Crippen LogP contribution in [0.15, 0.2) is 70.2 Å². The van der Waals surface area contributed by atoms with E-state index in [0.29, 0.717) is 27.7 Å². The average Bonchev–Trinajstić information content (AvgIpc) is 3.36. The Kier molecular flexibility index (Phi) is 9.72. The summed E-state index contributed by atoms with van der Waals surface area (Å²) in [5.41, 5.74) is 3.08. The summed E-state index contributed by atoms with van der Waals surface area (Å²) in [5.74, 6) is -3.73. The predicted octanol–water partition coefficient (Wildman–Crippen LogP) is 2.45. The number of carbonyl (C=O) groups excluding carboxylic acids is 5. The number of hydrogen-bond acceptors (Lipinski definition) is 8. The fraction of sp³-hybridized carbons (Fsp3) is 0.120.